The molecule has 1 N–H and O–H groups in total. The molecule has 0 unspecified atom stereocenters. The van der Waals surface area contributed by atoms with Crippen molar-refractivity contribution in [1.29, 1.82) is 0 Å². The zero-order chi connectivity index (χ0) is 18.8. The van der Waals surface area contributed by atoms with Gasteiger partial charge in [0.1, 0.15) is 22.8 Å². The third-order valence-corrected chi connectivity index (χ3v) is 6.76. The monoisotopic (exact) mass is 402 g/mol. The van der Waals surface area contributed by atoms with Crippen molar-refractivity contribution >= 4 is 39.1 Å². The molecule has 0 aromatic carbocycles. The summed E-state index contributed by atoms with van der Waals surface area (Å²) < 4.78 is 2.27. The van der Waals surface area contributed by atoms with Crippen LogP contribution in [0.4, 0.5) is 5.82 Å². The highest BCUT2D eigenvalue weighted by molar-refractivity contribution is 7.98. The molecule has 0 atom stereocenters. The smallest absolute Gasteiger partial charge is 0.190 e. The number of nitrogens with one attached hydrogen (secondary N) is 1. The van der Waals surface area contributed by atoms with Gasteiger partial charge in [0.15, 0.2) is 5.16 Å². The maximum atomic E-state index is 4.52. The molecule has 27 heavy (non-hydrogen) atoms. The van der Waals surface area contributed by atoms with Crippen LogP contribution in [0.5, 0.6) is 0 Å². The van der Waals surface area contributed by atoms with Gasteiger partial charge < -0.3 is 9.88 Å². The first-order valence-electron chi connectivity index (χ1n) is 9.62. The summed E-state index contributed by atoms with van der Waals surface area (Å²) in [5, 5.41) is 14.6. The van der Waals surface area contributed by atoms with Crippen molar-refractivity contribution in [2.24, 2.45) is 5.92 Å². The maximum Gasteiger partial charge on any atom is 0.190 e. The summed E-state index contributed by atoms with van der Waals surface area (Å²) in [4.78, 5) is 11.6. The lowest BCUT2D eigenvalue weighted by molar-refractivity contribution is 0.478. The van der Waals surface area contributed by atoms with E-state index in [1.54, 1.807) is 18.1 Å². The molecule has 144 valence electrons. The van der Waals surface area contributed by atoms with Crippen molar-refractivity contribution in [2.75, 3.05) is 18.1 Å². The molecular weight excluding hydrogens is 376 g/mol. The number of aromatic nitrogens is 5. The van der Waals surface area contributed by atoms with E-state index >= 15 is 0 Å². The molecule has 6 nitrogen and oxygen atoms in total. The number of rotatable bonds is 8. The van der Waals surface area contributed by atoms with E-state index in [2.05, 4.69) is 50.2 Å². The van der Waals surface area contributed by atoms with Gasteiger partial charge in [-0.1, -0.05) is 25.6 Å². The molecule has 3 heterocycles. The first-order valence-corrected chi connectivity index (χ1v) is 11.7. The molecular formula is C19H26N6S2. The van der Waals surface area contributed by atoms with Gasteiger partial charge in [-0.3, -0.25) is 0 Å². The first kappa shape index (κ1) is 18.7. The third kappa shape index (κ3) is 3.82. The molecule has 4 rings (SSSR count). The Balaban J connectivity index is 1.41. The summed E-state index contributed by atoms with van der Waals surface area (Å²) in [6.45, 7) is 6.31. The third-order valence-electron chi connectivity index (χ3n) is 4.89. The number of fused-ring (bicyclic) bond motifs is 3. The second-order valence-corrected chi connectivity index (χ2v) is 9.25. The largest absolute Gasteiger partial charge is 0.369 e. The molecule has 1 aliphatic rings. The fourth-order valence-corrected chi connectivity index (χ4v) is 5.47. The van der Waals surface area contributed by atoms with Crippen LogP contribution in [0.2, 0.25) is 0 Å². The van der Waals surface area contributed by atoms with Gasteiger partial charge >= 0.3 is 0 Å². The number of hydrogen-bond donors (Lipinski definition) is 1. The highest BCUT2D eigenvalue weighted by Crippen LogP contribution is 2.38. The number of nitrogens with zero attached hydrogens (tertiary/aromatic N) is 5. The van der Waals surface area contributed by atoms with Crippen molar-refractivity contribution in [1.82, 2.24) is 24.7 Å². The van der Waals surface area contributed by atoms with Crippen LogP contribution < -0.4 is 5.32 Å². The summed E-state index contributed by atoms with van der Waals surface area (Å²) in [6, 6.07) is 0. The molecule has 0 bridgehead atoms. The SMILES string of the molecule is CSc1nnc(CCCNc2ncnc3sc4c(c23)CCC4)n1CC(C)C. The predicted octanol–water partition coefficient (Wildman–Crippen LogP) is 4.19. The summed E-state index contributed by atoms with van der Waals surface area (Å²) in [5.74, 6) is 2.66. The van der Waals surface area contributed by atoms with Crippen LogP contribution in [0.25, 0.3) is 10.2 Å². The van der Waals surface area contributed by atoms with Crippen molar-refractivity contribution in [3.05, 3.63) is 22.6 Å². The van der Waals surface area contributed by atoms with Crippen LogP contribution in [-0.2, 0) is 25.8 Å². The van der Waals surface area contributed by atoms with Crippen LogP contribution in [-0.4, -0.2) is 37.5 Å². The fraction of sp³-hybridized carbons (Fsp3) is 0.579. The zero-order valence-electron chi connectivity index (χ0n) is 16.2. The minimum Gasteiger partial charge on any atom is -0.369 e. The van der Waals surface area contributed by atoms with E-state index in [-0.39, 0.29) is 0 Å². The number of aryl methyl sites for hydroxylation is 3. The summed E-state index contributed by atoms with van der Waals surface area (Å²) in [7, 11) is 0. The molecule has 0 saturated carbocycles. The molecule has 1 aliphatic carbocycles. The fourth-order valence-electron chi connectivity index (χ4n) is 3.72. The predicted molar refractivity (Wildman–Crippen MR) is 113 cm³/mol. The molecule has 0 radical (unpaired) electrons. The van der Waals surface area contributed by atoms with E-state index in [9.17, 15) is 0 Å². The van der Waals surface area contributed by atoms with Gasteiger partial charge in [0, 0.05) is 24.4 Å². The van der Waals surface area contributed by atoms with Crippen LogP contribution in [0, 0.1) is 5.92 Å². The van der Waals surface area contributed by atoms with Gasteiger partial charge in [-0.2, -0.15) is 0 Å². The zero-order valence-corrected chi connectivity index (χ0v) is 17.8. The van der Waals surface area contributed by atoms with Crippen LogP contribution >= 0.6 is 23.1 Å². The van der Waals surface area contributed by atoms with Crippen molar-refractivity contribution < 1.29 is 0 Å². The Kier molecular flexibility index (Phi) is 5.63. The van der Waals surface area contributed by atoms with Gasteiger partial charge in [0.2, 0.25) is 0 Å². The van der Waals surface area contributed by atoms with E-state index in [1.807, 2.05) is 11.3 Å². The van der Waals surface area contributed by atoms with E-state index in [4.69, 9.17) is 0 Å². The molecule has 0 aliphatic heterocycles. The van der Waals surface area contributed by atoms with Crippen LogP contribution in [0.15, 0.2) is 11.5 Å². The standard InChI is InChI=1S/C19H26N6S2/c1-12(2)10-25-15(23-24-19(25)26-3)8-5-9-20-17-16-13-6-4-7-14(13)27-18(16)22-11-21-17/h11-12H,4-10H2,1-3H3,(H,20,21,22). The minimum atomic E-state index is 0.582. The number of anilines is 1. The van der Waals surface area contributed by atoms with Crippen molar-refractivity contribution in [3.8, 4) is 0 Å². The Morgan fingerprint density at radius 3 is 2.96 bits per heavy atom. The lowest BCUT2D eigenvalue weighted by Gasteiger charge is -2.12. The van der Waals surface area contributed by atoms with Crippen molar-refractivity contribution in [2.45, 2.75) is 57.7 Å². The Hall–Kier alpha value is -1.67. The molecule has 3 aromatic rings. The Morgan fingerprint density at radius 2 is 2.15 bits per heavy atom. The second-order valence-electron chi connectivity index (χ2n) is 7.40. The summed E-state index contributed by atoms with van der Waals surface area (Å²) >= 11 is 3.50. The summed E-state index contributed by atoms with van der Waals surface area (Å²) in [6.07, 6.45) is 9.28. The topological polar surface area (TPSA) is 68.5 Å². The molecule has 0 amide bonds. The second kappa shape index (κ2) is 8.14. The lowest BCUT2D eigenvalue weighted by atomic mass is 10.2. The molecule has 0 fully saturated rings. The van der Waals surface area contributed by atoms with Gasteiger partial charge in [0.25, 0.3) is 0 Å². The highest BCUT2D eigenvalue weighted by atomic mass is 32.2. The molecule has 3 aromatic heterocycles. The van der Waals surface area contributed by atoms with E-state index in [0.717, 1.165) is 54.0 Å². The van der Waals surface area contributed by atoms with E-state index in [1.165, 1.54) is 28.7 Å². The normalized spacial score (nSPS) is 13.6. The maximum absolute atomic E-state index is 4.52. The van der Waals surface area contributed by atoms with Gasteiger partial charge in [-0.15, -0.1) is 21.5 Å². The van der Waals surface area contributed by atoms with E-state index < -0.39 is 0 Å². The van der Waals surface area contributed by atoms with Crippen LogP contribution in [0.3, 0.4) is 0 Å². The number of thioether (sulfide) groups is 1. The van der Waals surface area contributed by atoms with Crippen molar-refractivity contribution in [3.63, 3.8) is 0 Å². The number of thiophene rings is 1. The Bertz CT molecular complexity index is 930. The summed E-state index contributed by atoms with van der Waals surface area (Å²) in [5.41, 5.74) is 1.47. The highest BCUT2D eigenvalue weighted by Gasteiger charge is 2.21. The lowest BCUT2D eigenvalue weighted by Crippen LogP contribution is -2.12. The quantitative estimate of drug-likeness (QED) is 0.450. The Morgan fingerprint density at radius 1 is 1.26 bits per heavy atom. The van der Waals surface area contributed by atoms with Gasteiger partial charge in [0.05, 0.1) is 5.39 Å². The van der Waals surface area contributed by atoms with Crippen LogP contribution in [0.1, 0.15) is 43.0 Å². The molecule has 0 saturated heterocycles. The average Bonchev–Trinajstić information content (AvgIpc) is 3.33. The first-order chi connectivity index (χ1) is 13.2. The number of hydrogen-bond acceptors (Lipinski definition) is 7. The van der Waals surface area contributed by atoms with Gasteiger partial charge in [-0.25, -0.2) is 9.97 Å². The molecule has 0 spiro atoms. The molecule has 8 heteroatoms. The van der Waals surface area contributed by atoms with Gasteiger partial charge in [-0.05, 0) is 43.4 Å². The van der Waals surface area contributed by atoms with E-state index in [0.29, 0.717) is 5.92 Å². The minimum absolute atomic E-state index is 0.582. The average molecular weight is 403 g/mol. The Labute approximate surface area is 168 Å².